The van der Waals surface area contributed by atoms with Crippen molar-refractivity contribution < 1.29 is 19.4 Å². The molecule has 0 radical (unpaired) electrons. The van der Waals surface area contributed by atoms with Crippen molar-refractivity contribution in [3.05, 3.63) is 58.8 Å². The Hall–Kier alpha value is -2.52. The minimum absolute atomic E-state index is 0.0469. The number of nitrogens with zero attached hydrogens (tertiary/aromatic N) is 4. The molecule has 4 aliphatic rings. The van der Waals surface area contributed by atoms with Crippen LogP contribution in [-0.2, 0) is 24.1 Å². The molecule has 192 valence electrons. The predicted molar refractivity (Wildman–Crippen MR) is 135 cm³/mol. The standard InChI is InChI=1S/C28H36N4O4/c33-23(16-30-11-7-20-3-1-2-4-21(20)15-30)17-32-14-10-26-25(28(32)34)5-6-27(29-26)36-24-8-12-31(13-9-24)22-18-35-19-22/h1-6,22-24,33H,7-19H2/t23-/m1/s1. The molecule has 1 N–H and O–H groups in total. The van der Waals surface area contributed by atoms with Crippen LogP contribution in [0.25, 0.3) is 0 Å². The molecular formula is C28H36N4O4. The van der Waals surface area contributed by atoms with Gasteiger partial charge in [-0.05, 0) is 36.5 Å². The number of ether oxygens (including phenoxy) is 2. The highest BCUT2D eigenvalue weighted by molar-refractivity contribution is 5.96. The van der Waals surface area contributed by atoms with Gasteiger partial charge in [0.15, 0.2) is 0 Å². The maximum Gasteiger partial charge on any atom is 0.255 e. The third-order valence-corrected chi connectivity index (χ3v) is 8.10. The van der Waals surface area contributed by atoms with Gasteiger partial charge in [-0.2, -0.15) is 0 Å². The van der Waals surface area contributed by atoms with Crippen LogP contribution in [0.5, 0.6) is 5.88 Å². The van der Waals surface area contributed by atoms with E-state index in [1.165, 1.54) is 11.1 Å². The molecule has 2 saturated heterocycles. The molecule has 1 amide bonds. The van der Waals surface area contributed by atoms with Gasteiger partial charge in [-0.1, -0.05) is 24.3 Å². The number of β-amino-alcohol motifs (C(OH)–C–C–N with tert-alkyl or cyclic N) is 1. The van der Waals surface area contributed by atoms with Crippen LogP contribution in [0.2, 0.25) is 0 Å². The van der Waals surface area contributed by atoms with Crippen LogP contribution in [0.3, 0.4) is 0 Å². The van der Waals surface area contributed by atoms with E-state index in [4.69, 9.17) is 14.5 Å². The van der Waals surface area contributed by atoms with Gasteiger partial charge < -0.3 is 19.5 Å². The Bertz CT molecular complexity index is 1080. The lowest BCUT2D eigenvalue weighted by Gasteiger charge is -2.41. The number of piperidine rings is 1. The molecule has 4 aliphatic heterocycles. The van der Waals surface area contributed by atoms with Crippen molar-refractivity contribution in [2.24, 2.45) is 0 Å². The second kappa shape index (κ2) is 10.5. The number of pyridine rings is 1. The topological polar surface area (TPSA) is 78.4 Å². The highest BCUT2D eigenvalue weighted by atomic mass is 16.5. The van der Waals surface area contributed by atoms with Gasteiger partial charge >= 0.3 is 0 Å². The number of aliphatic hydroxyl groups is 1. The van der Waals surface area contributed by atoms with Crippen molar-refractivity contribution >= 4 is 5.91 Å². The van der Waals surface area contributed by atoms with Crippen LogP contribution in [0.15, 0.2) is 36.4 Å². The first-order valence-corrected chi connectivity index (χ1v) is 13.4. The summed E-state index contributed by atoms with van der Waals surface area (Å²) in [5.41, 5.74) is 4.17. The van der Waals surface area contributed by atoms with E-state index in [1.54, 1.807) is 4.90 Å². The summed E-state index contributed by atoms with van der Waals surface area (Å²) >= 11 is 0. The Morgan fingerprint density at radius 2 is 1.81 bits per heavy atom. The third kappa shape index (κ3) is 5.13. The van der Waals surface area contributed by atoms with Crippen molar-refractivity contribution in [1.82, 2.24) is 19.7 Å². The molecule has 0 aliphatic carbocycles. The van der Waals surface area contributed by atoms with Crippen LogP contribution < -0.4 is 4.74 Å². The molecule has 36 heavy (non-hydrogen) atoms. The number of aliphatic hydroxyl groups excluding tert-OH is 1. The number of likely N-dealkylation sites (tertiary alicyclic amines) is 1. The molecule has 0 saturated carbocycles. The molecule has 1 aromatic carbocycles. The van der Waals surface area contributed by atoms with Gasteiger partial charge in [0.05, 0.1) is 36.6 Å². The summed E-state index contributed by atoms with van der Waals surface area (Å²) in [6, 6.07) is 12.8. The van der Waals surface area contributed by atoms with E-state index in [0.717, 1.165) is 64.3 Å². The zero-order valence-corrected chi connectivity index (χ0v) is 20.8. The highest BCUT2D eigenvalue weighted by Crippen LogP contribution is 2.25. The van der Waals surface area contributed by atoms with Gasteiger partial charge in [0.2, 0.25) is 5.88 Å². The first kappa shape index (κ1) is 23.9. The Kier molecular flexibility index (Phi) is 6.93. The van der Waals surface area contributed by atoms with Crippen LogP contribution in [-0.4, -0.2) is 101 Å². The number of rotatable bonds is 7. The molecule has 2 fully saturated rings. The van der Waals surface area contributed by atoms with Crippen molar-refractivity contribution in [3.8, 4) is 5.88 Å². The zero-order chi connectivity index (χ0) is 24.5. The van der Waals surface area contributed by atoms with E-state index in [1.807, 2.05) is 12.1 Å². The van der Waals surface area contributed by atoms with E-state index < -0.39 is 6.10 Å². The molecule has 0 unspecified atom stereocenters. The Morgan fingerprint density at radius 1 is 1.00 bits per heavy atom. The maximum atomic E-state index is 13.1. The number of carbonyl (C=O) groups is 1. The molecule has 8 nitrogen and oxygen atoms in total. The second-order valence-electron chi connectivity index (χ2n) is 10.6. The van der Waals surface area contributed by atoms with Gasteiger partial charge in [0.25, 0.3) is 5.91 Å². The Balaban J connectivity index is 1.01. The van der Waals surface area contributed by atoms with Crippen molar-refractivity contribution in [1.29, 1.82) is 0 Å². The van der Waals surface area contributed by atoms with Crippen LogP contribution in [0.4, 0.5) is 0 Å². The first-order valence-electron chi connectivity index (χ1n) is 13.4. The lowest BCUT2D eigenvalue weighted by molar-refractivity contribution is -0.0780. The Labute approximate surface area is 212 Å². The molecule has 1 atom stereocenters. The van der Waals surface area contributed by atoms with Crippen molar-refractivity contribution in [2.75, 3.05) is 52.5 Å². The van der Waals surface area contributed by atoms with Crippen LogP contribution in [0.1, 0.15) is 40.0 Å². The average molecular weight is 493 g/mol. The number of fused-ring (bicyclic) bond motifs is 2. The summed E-state index contributed by atoms with van der Waals surface area (Å²) in [4.78, 5) is 24.4. The summed E-state index contributed by atoms with van der Waals surface area (Å²) in [7, 11) is 0. The summed E-state index contributed by atoms with van der Waals surface area (Å²) in [5.74, 6) is 0.570. The smallest absolute Gasteiger partial charge is 0.255 e. The van der Waals surface area contributed by atoms with E-state index in [9.17, 15) is 9.90 Å². The summed E-state index contributed by atoms with van der Waals surface area (Å²) in [6.45, 7) is 7.05. The molecule has 5 heterocycles. The number of carbonyl (C=O) groups excluding carboxylic acids is 1. The van der Waals surface area contributed by atoms with Gasteiger partial charge in [-0.3, -0.25) is 14.6 Å². The maximum absolute atomic E-state index is 13.1. The minimum atomic E-state index is -0.575. The zero-order valence-electron chi connectivity index (χ0n) is 20.8. The lowest BCUT2D eigenvalue weighted by atomic mass is 9.99. The lowest BCUT2D eigenvalue weighted by Crippen LogP contribution is -2.52. The molecule has 6 rings (SSSR count). The fourth-order valence-corrected chi connectivity index (χ4v) is 5.90. The molecule has 8 heteroatoms. The predicted octanol–water partition coefficient (Wildman–Crippen LogP) is 1.74. The molecule has 1 aromatic heterocycles. The monoisotopic (exact) mass is 492 g/mol. The SMILES string of the molecule is O=C1c2ccc(OC3CCN(C4COC4)CC3)nc2CCN1C[C@H](O)CN1CCc2ccccc2C1. The van der Waals surface area contributed by atoms with Gasteiger partial charge in [0.1, 0.15) is 6.10 Å². The molecular weight excluding hydrogens is 456 g/mol. The average Bonchev–Trinajstić information content (AvgIpc) is 2.86. The number of aromatic nitrogens is 1. The highest BCUT2D eigenvalue weighted by Gasteiger charge is 2.31. The van der Waals surface area contributed by atoms with Crippen molar-refractivity contribution in [3.63, 3.8) is 0 Å². The Morgan fingerprint density at radius 3 is 2.58 bits per heavy atom. The molecule has 0 bridgehead atoms. The number of benzene rings is 1. The van der Waals surface area contributed by atoms with Crippen molar-refractivity contribution in [2.45, 2.75) is 50.5 Å². The van der Waals surface area contributed by atoms with Gasteiger partial charge in [0, 0.05) is 58.3 Å². The minimum Gasteiger partial charge on any atom is -0.474 e. The third-order valence-electron chi connectivity index (χ3n) is 8.10. The van der Waals surface area contributed by atoms with E-state index in [2.05, 4.69) is 34.1 Å². The first-order chi connectivity index (χ1) is 17.6. The molecule has 2 aromatic rings. The van der Waals surface area contributed by atoms with Crippen LogP contribution >= 0.6 is 0 Å². The quantitative estimate of drug-likeness (QED) is 0.631. The summed E-state index contributed by atoms with van der Waals surface area (Å²) in [6.07, 6.45) is 3.26. The fourth-order valence-electron chi connectivity index (χ4n) is 5.90. The normalized spacial score (nSPS) is 22.6. The fraction of sp³-hybridized carbons (Fsp3) is 0.571. The number of amides is 1. The summed E-state index contributed by atoms with van der Waals surface area (Å²) in [5, 5.41) is 10.8. The second-order valence-corrected chi connectivity index (χ2v) is 10.6. The number of hydrogen-bond donors (Lipinski definition) is 1. The molecule has 0 spiro atoms. The van der Waals surface area contributed by atoms with Gasteiger partial charge in [-0.25, -0.2) is 4.98 Å². The summed E-state index contributed by atoms with van der Waals surface area (Å²) < 4.78 is 11.5. The van der Waals surface area contributed by atoms with Gasteiger partial charge in [-0.15, -0.1) is 0 Å². The van der Waals surface area contributed by atoms with E-state index in [-0.39, 0.29) is 12.0 Å². The van der Waals surface area contributed by atoms with E-state index in [0.29, 0.717) is 43.5 Å². The largest absolute Gasteiger partial charge is 0.474 e. The van der Waals surface area contributed by atoms with E-state index >= 15 is 0 Å². The number of hydrogen-bond acceptors (Lipinski definition) is 7. The van der Waals surface area contributed by atoms with Crippen LogP contribution in [0, 0.1) is 0 Å².